The molecule has 17 heavy (non-hydrogen) atoms. The highest BCUT2D eigenvalue weighted by atomic mass is 16.6. The van der Waals surface area contributed by atoms with Crippen LogP contribution in [0.3, 0.4) is 0 Å². The molecular weight excluding hydrogens is 218 g/mol. The molecule has 0 unspecified atom stereocenters. The molecule has 2 rings (SSSR count). The molecular formula is C13H17NO3. The molecule has 0 aliphatic carbocycles. The summed E-state index contributed by atoms with van der Waals surface area (Å²) >= 11 is 0. The minimum absolute atomic E-state index is 0.00879. The highest BCUT2D eigenvalue weighted by Crippen LogP contribution is 2.33. The molecule has 0 radical (unpaired) electrons. The Labute approximate surface area is 101 Å². The van der Waals surface area contributed by atoms with Crippen molar-refractivity contribution in [3.8, 4) is 5.75 Å². The fourth-order valence-corrected chi connectivity index (χ4v) is 2.09. The van der Waals surface area contributed by atoms with Crippen LogP contribution in [0.1, 0.15) is 31.4 Å². The zero-order valence-corrected chi connectivity index (χ0v) is 10.2. The molecule has 4 nitrogen and oxygen atoms in total. The maximum atomic E-state index is 10.3. The first-order valence-electron chi connectivity index (χ1n) is 5.89. The van der Waals surface area contributed by atoms with Gasteiger partial charge in [0.15, 0.2) is 0 Å². The van der Waals surface area contributed by atoms with Crippen molar-refractivity contribution in [2.45, 2.75) is 38.7 Å². The van der Waals surface area contributed by atoms with Gasteiger partial charge in [0.25, 0.3) is 0 Å². The zero-order chi connectivity index (χ0) is 12.5. The van der Waals surface area contributed by atoms with E-state index in [2.05, 4.69) is 13.8 Å². The molecule has 92 valence electrons. The third-order valence-electron chi connectivity index (χ3n) is 3.09. The molecule has 1 aromatic carbocycles. The Kier molecular flexibility index (Phi) is 3.05. The summed E-state index contributed by atoms with van der Waals surface area (Å²) in [6.07, 6.45) is 2.46. The second-order valence-corrected chi connectivity index (χ2v) is 5.11. The van der Waals surface area contributed by atoms with Crippen molar-refractivity contribution in [2.75, 3.05) is 6.54 Å². The average molecular weight is 235 g/mol. The second-order valence-electron chi connectivity index (χ2n) is 5.11. The summed E-state index contributed by atoms with van der Waals surface area (Å²) in [6, 6.07) is 5.89. The molecule has 0 saturated heterocycles. The standard InChI is InChI=1S/C13H17NO3/c1-13(2)7-5-11-9-10(6-8-14(15)16)3-4-12(11)17-13/h3-4,9H,5-8H2,1-2H3. The Balaban J connectivity index is 2.13. The van der Waals surface area contributed by atoms with Gasteiger partial charge in [0.05, 0.1) is 0 Å². The minimum atomic E-state index is -0.279. The SMILES string of the molecule is CC1(C)CCc2cc(CC[N+](=O)[O-])ccc2O1. The largest absolute Gasteiger partial charge is 0.488 e. The van der Waals surface area contributed by atoms with Crippen LogP contribution < -0.4 is 4.74 Å². The molecule has 0 atom stereocenters. The van der Waals surface area contributed by atoms with Gasteiger partial charge in [-0.25, -0.2) is 0 Å². The number of hydrogen-bond acceptors (Lipinski definition) is 3. The number of aryl methyl sites for hydroxylation is 1. The summed E-state index contributed by atoms with van der Waals surface area (Å²) in [6.45, 7) is 4.15. The van der Waals surface area contributed by atoms with Crippen molar-refractivity contribution in [3.63, 3.8) is 0 Å². The summed E-state index contributed by atoms with van der Waals surface area (Å²) in [5.41, 5.74) is 2.09. The topological polar surface area (TPSA) is 52.4 Å². The molecule has 0 aromatic heterocycles. The van der Waals surface area contributed by atoms with E-state index in [1.54, 1.807) is 0 Å². The molecule has 0 fully saturated rings. The molecule has 1 heterocycles. The molecule has 0 amide bonds. The first-order chi connectivity index (χ1) is 7.96. The first-order valence-corrected chi connectivity index (χ1v) is 5.89. The molecule has 4 heteroatoms. The molecule has 0 spiro atoms. The van der Waals surface area contributed by atoms with Crippen LogP contribution in [-0.2, 0) is 12.8 Å². The summed E-state index contributed by atoms with van der Waals surface area (Å²) in [4.78, 5) is 10.0. The number of benzene rings is 1. The van der Waals surface area contributed by atoms with Crippen LogP contribution >= 0.6 is 0 Å². The van der Waals surface area contributed by atoms with Crippen LogP contribution in [0.15, 0.2) is 18.2 Å². The van der Waals surface area contributed by atoms with Gasteiger partial charge in [0.1, 0.15) is 11.4 Å². The van der Waals surface area contributed by atoms with Crippen LogP contribution in [-0.4, -0.2) is 17.1 Å². The second kappa shape index (κ2) is 4.35. The van der Waals surface area contributed by atoms with Crippen LogP contribution in [0.5, 0.6) is 5.75 Å². The highest BCUT2D eigenvalue weighted by molar-refractivity contribution is 5.39. The van der Waals surface area contributed by atoms with Crippen molar-refractivity contribution >= 4 is 0 Å². The van der Waals surface area contributed by atoms with Crippen LogP contribution in [0, 0.1) is 10.1 Å². The van der Waals surface area contributed by atoms with Crippen LogP contribution in [0.2, 0.25) is 0 Å². The maximum absolute atomic E-state index is 10.3. The van der Waals surface area contributed by atoms with Gasteiger partial charge < -0.3 is 4.74 Å². The van der Waals surface area contributed by atoms with Gasteiger partial charge in [-0.15, -0.1) is 0 Å². The van der Waals surface area contributed by atoms with Crippen LogP contribution in [0.4, 0.5) is 0 Å². The average Bonchev–Trinajstić information content (AvgIpc) is 2.25. The summed E-state index contributed by atoms with van der Waals surface area (Å²) in [7, 11) is 0. The van der Waals surface area contributed by atoms with Gasteiger partial charge >= 0.3 is 0 Å². The van der Waals surface area contributed by atoms with Gasteiger partial charge in [-0.1, -0.05) is 12.1 Å². The van der Waals surface area contributed by atoms with E-state index in [-0.39, 0.29) is 17.1 Å². The number of nitrogens with zero attached hydrogens (tertiary/aromatic N) is 1. The molecule has 0 N–H and O–H groups in total. The fourth-order valence-electron chi connectivity index (χ4n) is 2.09. The van der Waals surface area contributed by atoms with Crippen molar-refractivity contribution in [3.05, 3.63) is 39.4 Å². The molecule has 0 saturated carbocycles. The number of ether oxygens (including phenoxy) is 1. The third-order valence-corrected chi connectivity index (χ3v) is 3.09. The molecule has 1 aliphatic rings. The fraction of sp³-hybridized carbons (Fsp3) is 0.538. The smallest absolute Gasteiger partial charge is 0.207 e. The maximum Gasteiger partial charge on any atom is 0.207 e. The van der Waals surface area contributed by atoms with Crippen molar-refractivity contribution in [1.82, 2.24) is 0 Å². The lowest BCUT2D eigenvalue weighted by Gasteiger charge is -2.32. The predicted molar refractivity (Wildman–Crippen MR) is 65.0 cm³/mol. The zero-order valence-electron chi connectivity index (χ0n) is 10.2. The predicted octanol–water partition coefficient (Wildman–Crippen LogP) is 2.61. The van der Waals surface area contributed by atoms with E-state index in [4.69, 9.17) is 4.74 Å². The van der Waals surface area contributed by atoms with E-state index in [1.165, 1.54) is 5.56 Å². The van der Waals surface area contributed by atoms with Crippen molar-refractivity contribution < 1.29 is 9.66 Å². The normalized spacial score (nSPS) is 17.1. The summed E-state index contributed by atoms with van der Waals surface area (Å²) in [5, 5.41) is 10.3. The summed E-state index contributed by atoms with van der Waals surface area (Å²) in [5.74, 6) is 0.922. The van der Waals surface area contributed by atoms with Gasteiger partial charge in [-0.3, -0.25) is 10.1 Å². The van der Waals surface area contributed by atoms with E-state index in [0.717, 1.165) is 24.2 Å². The monoisotopic (exact) mass is 235 g/mol. The van der Waals surface area contributed by atoms with Gasteiger partial charge in [-0.05, 0) is 43.9 Å². The van der Waals surface area contributed by atoms with E-state index >= 15 is 0 Å². The lowest BCUT2D eigenvalue weighted by molar-refractivity contribution is -0.479. The lowest BCUT2D eigenvalue weighted by Crippen LogP contribution is -2.32. The van der Waals surface area contributed by atoms with E-state index in [9.17, 15) is 10.1 Å². The van der Waals surface area contributed by atoms with Gasteiger partial charge in [0.2, 0.25) is 6.54 Å². The van der Waals surface area contributed by atoms with Crippen LogP contribution in [0.25, 0.3) is 0 Å². The third kappa shape index (κ3) is 2.96. The Morgan fingerprint density at radius 1 is 1.47 bits per heavy atom. The Bertz CT molecular complexity index is 440. The molecule has 1 aromatic rings. The number of nitro groups is 1. The van der Waals surface area contributed by atoms with Gasteiger partial charge in [0, 0.05) is 11.3 Å². The van der Waals surface area contributed by atoms with Crippen molar-refractivity contribution in [2.24, 2.45) is 0 Å². The number of fused-ring (bicyclic) bond motifs is 1. The lowest BCUT2D eigenvalue weighted by atomic mass is 9.93. The number of rotatable bonds is 3. The molecule has 0 bridgehead atoms. The summed E-state index contributed by atoms with van der Waals surface area (Å²) < 4.78 is 5.87. The Morgan fingerprint density at radius 2 is 2.24 bits per heavy atom. The highest BCUT2D eigenvalue weighted by Gasteiger charge is 2.26. The number of hydrogen-bond donors (Lipinski definition) is 0. The van der Waals surface area contributed by atoms with Gasteiger partial charge in [-0.2, -0.15) is 0 Å². The molecule has 1 aliphatic heterocycles. The van der Waals surface area contributed by atoms with E-state index in [1.807, 2.05) is 18.2 Å². The minimum Gasteiger partial charge on any atom is -0.488 e. The Morgan fingerprint density at radius 3 is 2.94 bits per heavy atom. The Hall–Kier alpha value is -1.58. The van der Waals surface area contributed by atoms with Crippen molar-refractivity contribution in [1.29, 1.82) is 0 Å². The first kappa shape index (κ1) is 11.9. The van der Waals surface area contributed by atoms with E-state index < -0.39 is 0 Å². The quantitative estimate of drug-likeness (QED) is 0.597. The van der Waals surface area contributed by atoms with E-state index in [0.29, 0.717) is 6.42 Å².